The molecule has 1 unspecified atom stereocenters. The lowest BCUT2D eigenvalue weighted by Crippen LogP contribution is -2.57. The topological polar surface area (TPSA) is 152 Å². The molecule has 3 aliphatic rings. The van der Waals surface area contributed by atoms with Crippen molar-refractivity contribution in [1.82, 2.24) is 24.8 Å². The molecule has 13 nitrogen and oxygen atoms in total. The number of rotatable bonds is 10. The number of amides is 4. The summed E-state index contributed by atoms with van der Waals surface area (Å²) in [5.41, 5.74) is 0.796. The van der Waals surface area contributed by atoms with Gasteiger partial charge in [-0.05, 0) is 58.2 Å². The van der Waals surface area contributed by atoms with Crippen LogP contribution in [0.25, 0.3) is 11.4 Å². The van der Waals surface area contributed by atoms with Crippen LogP contribution in [0, 0.1) is 0 Å². The Hall–Kier alpha value is -4.17. The van der Waals surface area contributed by atoms with Crippen molar-refractivity contribution in [2.75, 3.05) is 19.9 Å². The molecular weight excluding hydrogens is 610 g/mol. The number of benzene rings is 1. The molecule has 4 amide bonds. The summed E-state index contributed by atoms with van der Waals surface area (Å²) in [5, 5.41) is 4.07. The molecule has 0 radical (unpaired) electrons. The van der Waals surface area contributed by atoms with Gasteiger partial charge in [0, 0.05) is 38.8 Å². The van der Waals surface area contributed by atoms with Crippen LogP contribution in [0.4, 0.5) is 0 Å². The molecule has 0 bridgehead atoms. The fourth-order valence-corrected chi connectivity index (χ4v) is 6.34. The van der Waals surface area contributed by atoms with Gasteiger partial charge in [-0.1, -0.05) is 36.9 Å². The first kappa shape index (κ1) is 33.2. The summed E-state index contributed by atoms with van der Waals surface area (Å²) >= 11 is 0. The minimum Gasteiger partial charge on any atom is -0.456 e. The van der Waals surface area contributed by atoms with E-state index in [1.807, 2.05) is 0 Å². The van der Waals surface area contributed by atoms with Crippen molar-refractivity contribution in [3.63, 3.8) is 0 Å². The summed E-state index contributed by atoms with van der Waals surface area (Å²) in [6, 6.07) is 6.49. The molecule has 3 aliphatic heterocycles. The first-order valence-corrected chi connectivity index (χ1v) is 19.3. The number of esters is 1. The van der Waals surface area contributed by atoms with E-state index in [1.54, 1.807) is 49.9 Å². The Morgan fingerprint density at radius 1 is 1.09 bits per heavy atom. The first-order valence-electron chi connectivity index (χ1n) is 15.6. The molecule has 0 aliphatic carbocycles. The second kappa shape index (κ2) is 12.9. The van der Waals surface area contributed by atoms with E-state index >= 15 is 0 Å². The van der Waals surface area contributed by atoms with Gasteiger partial charge < -0.3 is 18.9 Å². The van der Waals surface area contributed by atoms with Crippen LogP contribution in [0.15, 0.2) is 40.1 Å². The van der Waals surface area contributed by atoms with Crippen molar-refractivity contribution in [3.8, 4) is 11.4 Å². The number of ether oxygens (including phenoxy) is 2. The average molecular weight is 652 g/mol. The Balaban J connectivity index is 1.28. The van der Waals surface area contributed by atoms with E-state index in [2.05, 4.69) is 29.8 Å². The van der Waals surface area contributed by atoms with Crippen LogP contribution in [-0.2, 0) is 35.2 Å². The number of imide groups is 2. The van der Waals surface area contributed by atoms with Gasteiger partial charge in [0.25, 0.3) is 17.7 Å². The standard InChI is InChI=1S/C32H41N5O8Si/c1-32(2,3)44-31(42)21-10-7-9-20(17-21)27-33-24(45-34-27)18-35-14-8-11-22-26(35)30(41)37(28(22)39)23-12-13-25(38)36(29(23)40)19-43-15-16-46(4,5)6/h7,9-10,17,23H,8,11-16,18-19H2,1-6H3. The van der Waals surface area contributed by atoms with Gasteiger partial charge >= 0.3 is 5.97 Å². The van der Waals surface area contributed by atoms with Crippen molar-refractivity contribution in [3.05, 3.63) is 47.0 Å². The molecule has 46 heavy (non-hydrogen) atoms. The number of carbonyl (C=O) groups excluding carboxylic acids is 5. The highest BCUT2D eigenvalue weighted by Crippen LogP contribution is 2.35. The molecule has 5 rings (SSSR count). The number of hydrogen-bond acceptors (Lipinski definition) is 11. The van der Waals surface area contributed by atoms with E-state index in [9.17, 15) is 24.0 Å². The number of likely N-dealkylation sites (tertiary alicyclic amines) is 1. The smallest absolute Gasteiger partial charge is 0.338 e. The van der Waals surface area contributed by atoms with Crippen molar-refractivity contribution >= 4 is 37.7 Å². The highest BCUT2D eigenvalue weighted by molar-refractivity contribution is 6.76. The van der Waals surface area contributed by atoms with Gasteiger partial charge in [-0.25, -0.2) is 4.79 Å². The summed E-state index contributed by atoms with van der Waals surface area (Å²) in [6.45, 7) is 12.7. The molecule has 1 fully saturated rings. The molecule has 1 aromatic carbocycles. The van der Waals surface area contributed by atoms with Crippen LogP contribution in [0.3, 0.4) is 0 Å². The van der Waals surface area contributed by atoms with Crippen LogP contribution < -0.4 is 0 Å². The van der Waals surface area contributed by atoms with E-state index in [-0.39, 0.29) is 49.4 Å². The maximum Gasteiger partial charge on any atom is 0.338 e. The zero-order valence-corrected chi connectivity index (χ0v) is 28.3. The Morgan fingerprint density at radius 2 is 1.85 bits per heavy atom. The number of hydrogen-bond donors (Lipinski definition) is 0. The van der Waals surface area contributed by atoms with Gasteiger partial charge in [-0.3, -0.25) is 29.0 Å². The lowest BCUT2D eigenvalue weighted by atomic mass is 10.0. The van der Waals surface area contributed by atoms with Gasteiger partial charge in [0.1, 0.15) is 24.1 Å². The normalized spacial score (nSPS) is 19.3. The summed E-state index contributed by atoms with van der Waals surface area (Å²) in [6.07, 6.45) is 1.09. The van der Waals surface area contributed by atoms with Crippen molar-refractivity contribution in [2.24, 2.45) is 0 Å². The fourth-order valence-electron chi connectivity index (χ4n) is 5.59. The lowest BCUT2D eigenvalue weighted by Gasteiger charge is -2.34. The molecule has 0 saturated carbocycles. The molecule has 0 spiro atoms. The van der Waals surface area contributed by atoms with Crippen molar-refractivity contribution in [1.29, 1.82) is 0 Å². The highest BCUT2D eigenvalue weighted by atomic mass is 28.3. The SMILES string of the molecule is CC(C)(C)OC(=O)c1cccc(-c2noc(CN3CCCC4=C3C(=O)N(C3CCC(=O)N(COCC[Si](C)(C)C)C3=O)C4=O)n2)c1. The predicted octanol–water partition coefficient (Wildman–Crippen LogP) is 3.74. The molecule has 4 heterocycles. The third-order valence-corrected chi connectivity index (χ3v) is 9.62. The largest absolute Gasteiger partial charge is 0.456 e. The minimum atomic E-state index is -1.37. The van der Waals surface area contributed by atoms with Crippen molar-refractivity contribution in [2.45, 2.75) is 90.3 Å². The average Bonchev–Trinajstić information content (AvgIpc) is 3.54. The molecule has 246 valence electrons. The number of piperidine rings is 1. The minimum absolute atomic E-state index is 0.0269. The third-order valence-electron chi connectivity index (χ3n) is 7.92. The lowest BCUT2D eigenvalue weighted by molar-refractivity contribution is -0.164. The predicted molar refractivity (Wildman–Crippen MR) is 167 cm³/mol. The van der Waals surface area contributed by atoms with Crippen LogP contribution in [0.2, 0.25) is 25.7 Å². The van der Waals surface area contributed by atoms with Crippen molar-refractivity contribution < 1.29 is 38.0 Å². The van der Waals surface area contributed by atoms with Gasteiger partial charge in [-0.15, -0.1) is 0 Å². The Bertz CT molecular complexity index is 1590. The van der Waals surface area contributed by atoms with Crippen LogP contribution in [0.5, 0.6) is 0 Å². The fraction of sp³-hybridized carbons (Fsp3) is 0.531. The zero-order valence-electron chi connectivity index (χ0n) is 27.3. The van der Waals surface area contributed by atoms with Crippen LogP contribution >= 0.6 is 0 Å². The van der Waals surface area contributed by atoms with Gasteiger partial charge in [0.2, 0.25) is 17.6 Å². The monoisotopic (exact) mass is 651 g/mol. The van der Waals surface area contributed by atoms with E-state index in [1.165, 1.54) is 0 Å². The highest BCUT2D eigenvalue weighted by Gasteiger charge is 2.50. The van der Waals surface area contributed by atoms with E-state index in [4.69, 9.17) is 14.0 Å². The number of nitrogens with zero attached hydrogens (tertiary/aromatic N) is 5. The van der Waals surface area contributed by atoms with Crippen LogP contribution in [-0.4, -0.2) is 94.0 Å². The van der Waals surface area contributed by atoms with Gasteiger partial charge in [0.15, 0.2) is 0 Å². The second-order valence-electron chi connectivity index (χ2n) is 14.0. The molecule has 14 heteroatoms. The molecule has 0 N–H and O–H groups in total. The van der Waals surface area contributed by atoms with Gasteiger partial charge in [0.05, 0.1) is 12.1 Å². The summed E-state index contributed by atoms with van der Waals surface area (Å²) in [4.78, 5) is 74.2. The molecule has 1 atom stereocenters. The second-order valence-corrected chi connectivity index (χ2v) is 19.6. The van der Waals surface area contributed by atoms with E-state index in [0.717, 1.165) is 15.8 Å². The van der Waals surface area contributed by atoms with Gasteiger partial charge in [-0.2, -0.15) is 4.98 Å². The first-order chi connectivity index (χ1) is 21.6. The number of carbonyl (C=O) groups is 5. The summed E-state index contributed by atoms with van der Waals surface area (Å²) in [5.74, 6) is -2.07. The number of aromatic nitrogens is 2. The molecular formula is C32H41N5O8Si. The Morgan fingerprint density at radius 3 is 2.57 bits per heavy atom. The Labute approximate surface area is 268 Å². The quantitative estimate of drug-likeness (QED) is 0.160. The summed E-state index contributed by atoms with van der Waals surface area (Å²) < 4.78 is 16.6. The van der Waals surface area contributed by atoms with E-state index < -0.39 is 43.4 Å². The maximum atomic E-state index is 13.8. The molecule has 1 aromatic heterocycles. The summed E-state index contributed by atoms with van der Waals surface area (Å²) in [7, 11) is -1.37. The Kier molecular flexibility index (Phi) is 9.32. The molecule has 1 saturated heterocycles. The van der Waals surface area contributed by atoms with Crippen LogP contribution in [0.1, 0.15) is 62.7 Å². The maximum absolute atomic E-state index is 13.8. The van der Waals surface area contributed by atoms with E-state index in [0.29, 0.717) is 42.7 Å². The zero-order chi connectivity index (χ0) is 33.4. The third kappa shape index (κ3) is 7.28. The molecule has 2 aromatic rings.